The van der Waals surface area contributed by atoms with Crippen LogP contribution in [-0.2, 0) is 33.6 Å². The zero-order valence-corrected chi connectivity index (χ0v) is 25.0. The number of carbonyl (C=O) groups excluding carboxylic acids is 3. The van der Waals surface area contributed by atoms with Gasteiger partial charge in [0.25, 0.3) is 5.91 Å². The molecule has 2 aromatic rings. The van der Waals surface area contributed by atoms with E-state index in [0.717, 1.165) is 5.56 Å². The molecule has 4 atom stereocenters. The number of aromatic hydroxyl groups is 1. The van der Waals surface area contributed by atoms with Crippen molar-refractivity contribution >= 4 is 28.9 Å². The van der Waals surface area contributed by atoms with Gasteiger partial charge in [-0.05, 0) is 62.5 Å². The Morgan fingerprint density at radius 1 is 1.07 bits per heavy atom. The Morgan fingerprint density at radius 3 is 2.25 bits per heavy atom. The fourth-order valence-corrected chi connectivity index (χ4v) is 7.45. The molecular weight excluding hydrogens is 564 g/mol. The van der Waals surface area contributed by atoms with Crippen molar-refractivity contribution in [1.82, 2.24) is 4.90 Å². The highest BCUT2D eigenvalue weighted by Gasteiger charge is 2.74. The molecule has 2 aromatic carbocycles. The Balaban J connectivity index is 1.79. The average molecular weight is 601 g/mol. The number of aliphatic hydroxyl groups excluding tert-OH is 2. The van der Waals surface area contributed by atoms with Gasteiger partial charge in [0.15, 0.2) is 17.0 Å². The zero-order valence-electron chi connectivity index (χ0n) is 25.0. The summed E-state index contributed by atoms with van der Waals surface area (Å²) in [5.41, 5.74) is 14.0. The fraction of sp³-hybridized carbons (Fsp3) is 0.375. The van der Waals surface area contributed by atoms with Crippen molar-refractivity contribution in [2.24, 2.45) is 22.6 Å². The number of anilines is 1. The van der Waals surface area contributed by atoms with Gasteiger partial charge < -0.3 is 37.4 Å². The van der Waals surface area contributed by atoms with Gasteiger partial charge in [-0.1, -0.05) is 30.3 Å². The lowest BCUT2D eigenvalue weighted by Gasteiger charge is -2.58. The first-order valence-corrected chi connectivity index (χ1v) is 14.1. The van der Waals surface area contributed by atoms with Gasteiger partial charge in [0.2, 0.25) is 0 Å². The van der Waals surface area contributed by atoms with Crippen LogP contribution in [0.3, 0.4) is 0 Å². The predicted octanol–water partition coefficient (Wildman–Crippen LogP) is 0.757. The number of primary amides is 1. The third-order valence-electron chi connectivity index (χ3n) is 9.31. The van der Waals surface area contributed by atoms with E-state index in [1.165, 1.54) is 19.0 Å². The van der Waals surface area contributed by atoms with Gasteiger partial charge in [-0.2, -0.15) is 5.26 Å². The first-order valence-electron chi connectivity index (χ1n) is 14.1. The molecule has 3 aliphatic rings. The smallest absolute Gasteiger partial charge is 0.255 e. The molecule has 0 aliphatic heterocycles. The number of Topliss-reactive ketones (excluding diaryl/α,β-unsaturated/α-hetero) is 2. The summed E-state index contributed by atoms with van der Waals surface area (Å²) in [6, 6.07) is 11.8. The first-order chi connectivity index (χ1) is 20.6. The van der Waals surface area contributed by atoms with Crippen LogP contribution in [0.2, 0.25) is 0 Å². The number of benzene rings is 2. The maximum absolute atomic E-state index is 14.6. The average Bonchev–Trinajstić information content (AvgIpc) is 2.92. The summed E-state index contributed by atoms with van der Waals surface area (Å²) in [4.78, 5) is 43.7. The summed E-state index contributed by atoms with van der Waals surface area (Å²) < 4.78 is 0. The van der Waals surface area contributed by atoms with Gasteiger partial charge in [-0.3, -0.25) is 19.3 Å². The van der Waals surface area contributed by atoms with Crippen molar-refractivity contribution in [2.75, 3.05) is 33.1 Å². The number of phenolic OH excluding ortho intramolecular Hbond substituents is 1. The van der Waals surface area contributed by atoms with E-state index in [9.17, 15) is 35.0 Å². The van der Waals surface area contributed by atoms with Gasteiger partial charge in [-0.25, -0.2) is 0 Å². The van der Waals surface area contributed by atoms with Crippen molar-refractivity contribution in [3.05, 3.63) is 75.6 Å². The lowest BCUT2D eigenvalue weighted by molar-refractivity contribution is -0.139. The van der Waals surface area contributed by atoms with Crippen LogP contribution in [0.1, 0.15) is 28.7 Å². The number of aliphatic hydroxyl groups is 2. The Morgan fingerprint density at radius 2 is 1.70 bits per heavy atom. The summed E-state index contributed by atoms with van der Waals surface area (Å²) in [5.74, 6) is -5.55. The van der Waals surface area contributed by atoms with E-state index >= 15 is 0 Å². The molecule has 0 radical (unpaired) electrons. The van der Waals surface area contributed by atoms with Crippen molar-refractivity contribution in [1.29, 1.82) is 5.26 Å². The second kappa shape index (κ2) is 10.2. The summed E-state index contributed by atoms with van der Waals surface area (Å²) in [6.07, 6.45) is 0.459. The molecule has 0 bridgehead atoms. The van der Waals surface area contributed by atoms with Gasteiger partial charge >= 0.3 is 0 Å². The van der Waals surface area contributed by atoms with Crippen molar-refractivity contribution in [3.63, 3.8) is 0 Å². The normalized spacial score (nSPS) is 27.9. The highest BCUT2D eigenvalue weighted by Crippen LogP contribution is 2.59. The monoisotopic (exact) mass is 600 g/mol. The summed E-state index contributed by atoms with van der Waals surface area (Å²) >= 11 is 0. The van der Waals surface area contributed by atoms with E-state index in [-0.39, 0.29) is 17.7 Å². The minimum Gasteiger partial charge on any atom is -0.509 e. The van der Waals surface area contributed by atoms with Crippen LogP contribution >= 0.6 is 0 Å². The topological polar surface area (TPSA) is 220 Å². The second-order valence-corrected chi connectivity index (χ2v) is 12.4. The molecule has 44 heavy (non-hydrogen) atoms. The van der Waals surface area contributed by atoms with E-state index in [0.29, 0.717) is 29.7 Å². The number of nitrogens with zero attached hydrogens (tertiary/aromatic N) is 3. The highest BCUT2D eigenvalue weighted by atomic mass is 16.3. The number of aryl methyl sites for hydroxylation is 2. The third kappa shape index (κ3) is 3.97. The van der Waals surface area contributed by atoms with Crippen LogP contribution < -0.4 is 22.1 Å². The lowest BCUT2D eigenvalue weighted by atomic mass is 9.47. The number of hydrogen-bond donors (Lipinski definition) is 6. The number of rotatable bonds is 6. The Labute approximate surface area is 254 Å². The molecular formula is C32H36N6O6. The molecule has 12 nitrogen and oxygen atoms in total. The quantitative estimate of drug-likeness (QED) is 0.254. The summed E-state index contributed by atoms with van der Waals surface area (Å²) in [5, 5.41) is 45.3. The summed E-state index contributed by atoms with van der Waals surface area (Å²) in [7, 11) is 6.54. The molecule has 5 rings (SSSR count). The van der Waals surface area contributed by atoms with E-state index in [2.05, 4.69) is 0 Å². The zero-order chi connectivity index (χ0) is 32.5. The maximum atomic E-state index is 14.6. The molecule has 3 aliphatic carbocycles. The first kappa shape index (κ1) is 30.7. The third-order valence-corrected chi connectivity index (χ3v) is 9.31. The number of phenols is 1. The largest absolute Gasteiger partial charge is 0.509 e. The fourth-order valence-electron chi connectivity index (χ4n) is 7.45. The molecule has 0 spiro atoms. The summed E-state index contributed by atoms with van der Waals surface area (Å²) in [6.45, 7) is 0. The number of ketones is 2. The Bertz CT molecular complexity index is 1720. The van der Waals surface area contributed by atoms with Crippen LogP contribution in [0.5, 0.6) is 5.75 Å². The highest BCUT2D eigenvalue weighted by molar-refractivity contribution is 6.25. The van der Waals surface area contributed by atoms with Crippen molar-refractivity contribution in [3.8, 4) is 11.8 Å². The minimum absolute atomic E-state index is 0.0177. The van der Waals surface area contributed by atoms with Crippen LogP contribution in [0, 0.1) is 16.7 Å². The number of hydrogen-bond acceptors (Lipinski definition) is 11. The molecule has 0 saturated heterocycles. The molecule has 0 unspecified atom stereocenters. The molecule has 1 amide bonds. The van der Waals surface area contributed by atoms with E-state index < -0.39 is 69.1 Å². The minimum atomic E-state index is -2.70. The number of nitrogens with two attached hydrogens (primary N) is 3. The lowest BCUT2D eigenvalue weighted by Crippen LogP contribution is -2.80. The van der Waals surface area contributed by atoms with Gasteiger partial charge in [-0.15, -0.1) is 0 Å². The second-order valence-electron chi connectivity index (χ2n) is 12.4. The van der Waals surface area contributed by atoms with Crippen LogP contribution in [-0.4, -0.2) is 83.0 Å². The molecule has 0 aromatic heterocycles. The van der Waals surface area contributed by atoms with E-state index in [4.69, 9.17) is 17.2 Å². The number of amides is 1. The van der Waals surface area contributed by atoms with Crippen molar-refractivity contribution in [2.45, 2.75) is 42.8 Å². The molecule has 1 fully saturated rings. The molecule has 1 saturated carbocycles. The number of likely N-dealkylation sites (N-methyl/N-ethyl adjacent to an activating group) is 1. The number of carbonyl (C=O) groups is 3. The van der Waals surface area contributed by atoms with Crippen LogP contribution in [0.25, 0.3) is 5.76 Å². The van der Waals surface area contributed by atoms with Gasteiger partial charge in [0.1, 0.15) is 22.8 Å². The SMILES string of the molecule is CN(C)c1cc(CCc2ccccc2)c(O)c2c1C[C@@]1(N)C[C@@]3(N)[C@H](N(C)C)C(=O)C(C(N)=O)=C(O)[C@@]3(C#N)C(=O)C1=C2O. The Kier molecular flexibility index (Phi) is 7.12. The van der Waals surface area contributed by atoms with Gasteiger partial charge in [0, 0.05) is 19.8 Å². The number of nitriles is 1. The van der Waals surface area contributed by atoms with Crippen molar-refractivity contribution < 1.29 is 29.7 Å². The van der Waals surface area contributed by atoms with Gasteiger partial charge in [0.05, 0.1) is 34.3 Å². The predicted molar refractivity (Wildman–Crippen MR) is 162 cm³/mol. The maximum Gasteiger partial charge on any atom is 0.255 e. The Hall–Kier alpha value is -4.70. The van der Waals surface area contributed by atoms with Crippen LogP contribution in [0.4, 0.5) is 5.69 Å². The number of fused-ring (bicyclic) bond motifs is 3. The molecule has 230 valence electrons. The van der Waals surface area contributed by atoms with E-state index in [1.807, 2.05) is 36.4 Å². The van der Waals surface area contributed by atoms with E-state index in [1.54, 1.807) is 25.1 Å². The standard InChI is InChI=1S/C32H36N6O6/c1-37(2)19-12-17(11-10-16-8-6-5-7-9-16)23(39)20-18(19)13-30(35)14-32(36)26(38(3)4)25(41)21(29(34)44)27(42)31(32,15-33)28(43)22(30)24(20)40/h5-9,12,26,39-40,42H,10-11,13-14,35-36H2,1-4H3,(H2,34,44)/t26-,30-,31+,32-/m1/s1. The molecule has 0 heterocycles. The molecule has 9 N–H and O–H groups in total. The van der Waals surface area contributed by atoms with Crippen LogP contribution in [0.15, 0.2) is 53.3 Å². The molecule has 12 heteroatoms.